The Labute approximate surface area is 236 Å². The van der Waals surface area contributed by atoms with Gasteiger partial charge in [0.2, 0.25) is 0 Å². The van der Waals surface area contributed by atoms with Gasteiger partial charge in [-0.25, -0.2) is 36.1 Å². The number of carbonyl (C=O) groups excluding carboxylic acids is 1. The summed E-state index contributed by atoms with van der Waals surface area (Å²) < 4.78 is 62.9. The van der Waals surface area contributed by atoms with Crippen LogP contribution in [0.1, 0.15) is 38.2 Å². The number of ether oxygens (including phenoxy) is 1. The van der Waals surface area contributed by atoms with E-state index in [4.69, 9.17) is 4.74 Å². The van der Waals surface area contributed by atoms with E-state index >= 15 is 4.39 Å². The zero-order valence-electron chi connectivity index (χ0n) is 22.5. The standard InChI is InChI=1S/C29H29F2N5O4S/c1-3-40-29(37)24-17-6-8-18(9-7-17)25(24)34-27-23(31)14-32-26(35-27)22-15-36(28-21(22)12-19(30)13-33-28)41(38,39)20-10-4-16(2)5-11-20/h4-5,10-15,17-18,24-25H,3,6-9H2,1-2H3,(H,32,34,35)/t17?,18?,24-,25-/m0/s1. The van der Waals surface area contributed by atoms with Gasteiger partial charge in [0.25, 0.3) is 10.0 Å². The molecule has 9 nitrogen and oxygen atoms in total. The molecular weight excluding hydrogens is 552 g/mol. The number of halogens is 2. The fourth-order valence-corrected chi connectivity index (χ4v) is 7.55. The molecule has 12 heteroatoms. The van der Waals surface area contributed by atoms with Gasteiger partial charge < -0.3 is 10.1 Å². The molecule has 0 aliphatic heterocycles. The number of aromatic nitrogens is 4. The Kier molecular flexibility index (Phi) is 6.96. The minimum Gasteiger partial charge on any atom is -0.466 e. The van der Waals surface area contributed by atoms with Crippen molar-refractivity contribution in [3.63, 3.8) is 0 Å². The average Bonchev–Trinajstić information content (AvgIpc) is 3.34. The summed E-state index contributed by atoms with van der Waals surface area (Å²) in [5, 5.41) is 3.32. The fourth-order valence-electron chi connectivity index (χ4n) is 6.23. The predicted octanol–water partition coefficient (Wildman–Crippen LogP) is 5.10. The molecule has 7 rings (SSSR count). The quantitative estimate of drug-likeness (QED) is 0.300. The van der Waals surface area contributed by atoms with Gasteiger partial charge in [-0.1, -0.05) is 17.7 Å². The van der Waals surface area contributed by atoms with Crippen LogP contribution in [-0.4, -0.2) is 46.0 Å². The normalized spacial score (nSPS) is 22.1. The maximum Gasteiger partial charge on any atom is 0.311 e. The molecule has 214 valence electrons. The minimum atomic E-state index is -4.12. The predicted molar refractivity (Wildman–Crippen MR) is 147 cm³/mol. The third kappa shape index (κ3) is 4.83. The van der Waals surface area contributed by atoms with E-state index in [-0.39, 0.29) is 63.6 Å². The van der Waals surface area contributed by atoms with Crippen LogP contribution in [-0.2, 0) is 19.6 Å². The molecule has 3 heterocycles. The number of esters is 1. The molecule has 0 amide bonds. The van der Waals surface area contributed by atoms with Gasteiger partial charge in [-0.3, -0.25) is 4.79 Å². The first kappa shape index (κ1) is 27.3. The molecule has 3 fully saturated rings. The second-order valence-electron chi connectivity index (χ2n) is 10.7. The van der Waals surface area contributed by atoms with E-state index < -0.39 is 27.6 Å². The highest BCUT2D eigenvalue weighted by molar-refractivity contribution is 7.90. The van der Waals surface area contributed by atoms with Crippen molar-refractivity contribution in [2.45, 2.75) is 50.5 Å². The number of nitrogens with one attached hydrogen (secondary N) is 1. The molecular formula is C29H29F2N5O4S. The molecule has 0 unspecified atom stereocenters. The van der Waals surface area contributed by atoms with Crippen LogP contribution in [0.15, 0.2) is 53.8 Å². The van der Waals surface area contributed by atoms with Gasteiger partial charge in [0, 0.05) is 23.2 Å². The molecule has 3 saturated carbocycles. The van der Waals surface area contributed by atoms with Crippen molar-refractivity contribution >= 4 is 32.8 Å². The first-order chi connectivity index (χ1) is 19.7. The van der Waals surface area contributed by atoms with Gasteiger partial charge in [0.05, 0.1) is 29.8 Å². The highest BCUT2D eigenvalue weighted by Gasteiger charge is 2.48. The topological polar surface area (TPSA) is 116 Å². The Balaban J connectivity index is 1.42. The maximum absolute atomic E-state index is 15.1. The Bertz CT molecular complexity index is 1730. The van der Waals surface area contributed by atoms with E-state index in [1.165, 1.54) is 18.3 Å². The number of anilines is 1. The smallest absolute Gasteiger partial charge is 0.311 e. The highest BCUT2D eigenvalue weighted by Crippen LogP contribution is 2.47. The van der Waals surface area contributed by atoms with Crippen LogP contribution in [0.3, 0.4) is 0 Å². The number of carbonyl (C=O) groups is 1. The fraction of sp³-hybridized carbons (Fsp3) is 0.379. The number of pyridine rings is 1. The van der Waals surface area contributed by atoms with Gasteiger partial charge in [-0.15, -0.1) is 0 Å². The third-order valence-electron chi connectivity index (χ3n) is 8.22. The Morgan fingerprint density at radius 1 is 1.07 bits per heavy atom. The molecule has 1 aromatic carbocycles. The summed E-state index contributed by atoms with van der Waals surface area (Å²) in [5.74, 6) is -1.99. The summed E-state index contributed by atoms with van der Waals surface area (Å²) in [6.07, 6.45) is 6.83. The number of fused-ring (bicyclic) bond motifs is 4. The van der Waals surface area contributed by atoms with E-state index in [0.29, 0.717) is 0 Å². The van der Waals surface area contributed by atoms with Crippen LogP contribution in [0, 0.1) is 36.3 Å². The molecule has 3 aliphatic carbocycles. The largest absolute Gasteiger partial charge is 0.466 e. The zero-order chi connectivity index (χ0) is 28.9. The van der Waals surface area contributed by atoms with E-state index in [9.17, 15) is 17.6 Å². The zero-order valence-corrected chi connectivity index (χ0v) is 23.4. The maximum atomic E-state index is 15.1. The number of rotatable bonds is 7. The molecule has 1 N–H and O–H groups in total. The summed E-state index contributed by atoms with van der Waals surface area (Å²) in [6, 6.07) is 7.09. The summed E-state index contributed by atoms with van der Waals surface area (Å²) in [4.78, 5) is 25.5. The van der Waals surface area contributed by atoms with Gasteiger partial charge in [-0.05, 0) is 69.6 Å². The van der Waals surface area contributed by atoms with Gasteiger partial charge in [0.1, 0.15) is 5.82 Å². The lowest BCUT2D eigenvalue weighted by molar-refractivity contribution is -0.154. The van der Waals surface area contributed by atoms with Gasteiger partial charge in [0.15, 0.2) is 23.1 Å². The molecule has 0 spiro atoms. The second kappa shape index (κ2) is 10.5. The Hall–Kier alpha value is -3.93. The van der Waals surface area contributed by atoms with Crippen molar-refractivity contribution in [2.75, 3.05) is 11.9 Å². The lowest BCUT2D eigenvalue weighted by Gasteiger charge is -2.47. The van der Waals surface area contributed by atoms with Crippen LogP contribution in [0.4, 0.5) is 14.6 Å². The number of hydrogen-bond donors (Lipinski definition) is 1. The summed E-state index contributed by atoms with van der Waals surface area (Å²) in [6.45, 7) is 3.85. The van der Waals surface area contributed by atoms with Crippen molar-refractivity contribution in [3.8, 4) is 11.4 Å². The first-order valence-electron chi connectivity index (χ1n) is 13.6. The molecule has 2 atom stereocenters. The molecule has 3 aromatic heterocycles. The van der Waals surface area contributed by atoms with Crippen LogP contribution < -0.4 is 5.32 Å². The van der Waals surface area contributed by atoms with E-state index in [2.05, 4.69) is 20.3 Å². The highest BCUT2D eigenvalue weighted by atomic mass is 32.2. The summed E-state index contributed by atoms with van der Waals surface area (Å²) in [7, 11) is -4.12. The number of hydrogen-bond acceptors (Lipinski definition) is 8. The van der Waals surface area contributed by atoms with Crippen LogP contribution in [0.25, 0.3) is 22.4 Å². The van der Waals surface area contributed by atoms with E-state index in [1.807, 2.05) is 6.92 Å². The van der Waals surface area contributed by atoms with E-state index in [1.54, 1.807) is 19.1 Å². The SMILES string of the molecule is CCOC(=O)[C@H]1C2CCC(CC2)[C@@H]1Nc1nc(-c2cn(S(=O)(=O)c3ccc(C)cc3)c3ncc(F)cc23)ncc1F. The van der Waals surface area contributed by atoms with Crippen LogP contribution >= 0.6 is 0 Å². The second-order valence-corrected chi connectivity index (χ2v) is 12.5. The first-order valence-corrected chi connectivity index (χ1v) is 15.1. The Morgan fingerprint density at radius 2 is 1.78 bits per heavy atom. The molecule has 4 aromatic rings. The Morgan fingerprint density at radius 3 is 2.49 bits per heavy atom. The molecule has 3 aliphatic rings. The van der Waals surface area contributed by atoms with Gasteiger partial charge in [-0.2, -0.15) is 0 Å². The minimum absolute atomic E-state index is 0.0159. The number of aryl methyl sites for hydroxylation is 1. The molecule has 0 radical (unpaired) electrons. The lowest BCUT2D eigenvalue weighted by atomic mass is 9.61. The van der Waals surface area contributed by atoms with Crippen LogP contribution in [0.5, 0.6) is 0 Å². The summed E-state index contributed by atoms with van der Waals surface area (Å²) in [5.41, 5.74) is 1.03. The van der Waals surface area contributed by atoms with Gasteiger partial charge >= 0.3 is 5.97 Å². The van der Waals surface area contributed by atoms with Crippen molar-refractivity contribution < 1.29 is 26.7 Å². The molecule has 41 heavy (non-hydrogen) atoms. The van der Waals surface area contributed by atoms with Crippen molar-refractivity contribution in [1.29, 1.82) is 0 Å². The van der Waals surface area contributed by atoms with Crippen molar-refractivity contribution in [2.24, 2.45) is 17.8 Å². The number of benzene rings is 1. The average molecular weight is 582 g/mol. The van der Waals surface area contributed by atoms with Crippen molar-refractivity contribution in [1.82, 2.24) is 18.9 Å². The third-order valence-corrected chi connectivity index (χ3v) is 9.89. The number of nitrogens with zero attached hydrogens (tertiary/aromatic N) is 4. The molecule has 2 bridgehead atoms. The van der Waals surface area contributed by atoms with Crippen molar-refractivity contribution in [3.05, 3.63) is 66.1 Å². The summed E-state index contributed by atoms with van der Waals surface area (Å²) >= 11 is 0. The van der Waals surface area contributed by atoms with E-state index in [0.717, 1.165) is 53.7 Å². The lowest BCUT2D eigenvalue weighted by Crippen LogP contribution is -2.52. The van der Waals surface area contributed by atoms with Crippen LogP contribution in [0.2, 0.25) is 0 Å². The molecule has 0 saturated heterocycles. The monoisotopic (exact) mass is 581 g/mol.